The first kappa shape index (κ1) is 23.3. The van der Waals surface area contributed by atoms with E-state index < -0.39 is 5.56 Å². The van der Waals surface area contributed by atoms with Crippen molar-refractivity contribution in [1.82, 2.24) is 14.9 Å². The van der Waals surface area contributed by atoms with Gasteiger partial charge in [0.15, 0.2) is 17.1 Å². The predicted molar refractivity (Wildman–Crippen MR) is 125 cm³/mol. The number of hydrogen-bond donors (Lipinski definition) is 2. The highest BCUT2D eigenvalue weighted by atomic mass is 35.5. The van der Waals surface area contributed by atoms with Crippen molar-refractivity contribution in [2.45, 2.75) is 19.9 Å². The summed E-state index contributed by atoms with van der Waals surface area (Å²) in [6.45, 7) is 2.72. The zero-order valence-corrected chi connectivity index (χ0v) is 19.0. The molecule has 1 amide bonds. The Morgan fingerprint density at radius 1 is 1.35 bits per heavy atom. The van der Waals surface area contributed by atoms with E-state index in [0.29, 0.717) is 23.5 Å². The molecule has 3 heterocycles. The Hall–Kier alpha value is -3.87. The van der Waals surface area contributed by atoms with Crippen molar-refractivity contribution < 1.29 is 14.5 Å². The minimum atomic E-state index is -0.583. The van der Waals surface area contributed by atoms with E-state index in [1.165, 1.54) is 29.1 Å². The molecule has 0 aliphatic carbocycles. The molecule has 0 saturated carbocycles. The number of nitrogens with zero attached hydrogens (tertiary/aromatic N) is 4. The van der Waals surface area contributed by atoms with Crippen LogP contribution < -0.4 is 16.2 Å². The number of amides is 1. The Bertz CT molecular complexity index is 1390. The number of hydrogen-bond acceptors (Lipinski definition) is 5. The molecule has 172 valence electrons. The van der Waals surface area contributed by atoms with Gasteiger partial charge < -0.3 is 10.6 Å². The lowest BCUT2D eigenvalue weighted by Gasteiger charge is -2.20. The van der Waals surface area contributed by atoms with E-state index in [4.69, 9.17) is 11.6 Å². The SMILES string of the molecule is CC1CCNC(=O)C1=Nc1cc(-n2ccc([NH2+]Cc3ccccc3F)c(C#N)c2=O)c(Cl)cn1. The van der Waals surface area contributed by atoms with E-state index in [-0.39, 0.29) is 46.3 Å². The van der Waals surface area contributed by atoms with Crippen molar-refractivity contribution in [2.24, 2.45) is 10.9 Å². The average molecular weight is 480 g/mol. The van der Waals surface area contributed by atoms with Crippen molar-refractivity contribution in [3.05, 3.63) is 81.1 Å². The summed E-state index contributed by atoms with van der Waals surface area (Å²) >= 11 is 6.31. The second kappa shape index (κ2) is 9.95. The third-order valence-corrected chi connectivity index (χ3v) is 5.90. The molecule has 4 rings (SSSR count). The van der Waals surface area contributed by atoms with Crippen LogP contribution in [0.4, 0.5) is 15.9 Å². The fourth-order valence-corrected chi connectivity index (χ4v) is 3.90. The molecule has 8 nitrogen and oxygen atoms in total. The number of benzene rings is 1. The first-order chi connectivity index (χ1) is 16.4. The number of quaternary nitrogens is 1. The van der Waals surface area contributed by atoms with Crippen LogP contribution in [-0.4, -0.2) is 27.7 Å². The molecule has 1 aliphatic heterocycles. The third kappa shape index (κ3) is 4.73. The van der Waals surface area contributed by atoms with E-state index in [2.05, 4.69) is 15.3 Å². The van der Waals surface area contributed by atoms with Gasteiger partial charge in [0.1, 0.15) is 24.1 Å². The number of nitrogens with two attached hydrogens (primary N) is 1. The lowest BCUT2D eigenvalue weighted by atomic mass is 9.97. The summed E-state index contributed by atoms with van der Waals surface area (Å²) in [6, 6.07) is 11.4. The highest BCUT2D eigenvalue weighted by Gasteiger charge is 2.24. The topological polar surface area (TPSA) is 117 Å². The number of aromatic nitrogens is 2. The van der Waals surface area contributed by atoms with Crippen LogP contribution in [0.3, 0.4) is 0 Å². The summed E-state index contributed by atoms with van der Waals surface area (Å²) in [5.41, 5.74) is 0.806. The van der Waals surface area contributed by atoms with E-state index in [9.17, 15) is 19.2 Å². The Balaban J connectivity index is 1.69. The number of nitriles is 1. The fraction of sp³-hybridized carbons (Fsp3) is 0.208. The van der Waals surface area contributed by atoms with Crippen molar-refractivity contribution in [2.75, 3.05) is 6.54 Å². The molecule has 1 saturated heterocycles. The lowest BCUT2D eigenvalue weighted by Crippen LogP contribution is -2.77. The normalized spacial score (nSPS) is 16.8. The Labute approximate surface area is 199 Å². The van der Waals surface area contributed by atoms with Gasteiger partial charge in [-0.3, -0.25) is 14.2 Å². The first-order valence-electron chi connectivity index (χ1n) is 10.6. The maximum absolute atomic E-state index is 13.9. The molecule has 0 spiro atoms. The fourth-order valence-electron chi connectivity index (χ4n) is 3.71. The molecular weight excluding hydrogens is 459 g/mol. The monoisotopic (exact) mass is 479 g/mol. The minimum Gasteiger partial charge on any atom is -0.351 e. The maximum atomic E-state index is 13.9. The molecule has 2 aromatic heterocycles. The van der Waals surface area contributed by atoms with Crippen LogP contribution in [0.25, 0.3) is 5.69 Å². The van der Waals surface area contributed by atoms with Crippen LogP contribution in [0.15, 0.2) is 58.6 Å². The standard InChI is InChI=1S/C24H20ClFN6O2/c1-14-6-8-28-23(33)22(14)31-21-10-20(17(25)13-30-21)32-9-7-19(16(11-27)24(32)34)29-12-15-4-2-3-5-18(15)26/h2-5,7,9-10,13-14,29H,6,8,12H2,1H3,(H,28,33)/p+1. The summed E-state index contributed by atoms with van der Waals surface area (Å²) in [6.07, 6.45) is 3.60. The third-order valence-electron chi connectivity index (χ3n) is 5.61. The number of carbonyl (C=O) groups excluding carboxylic acids is 1. The summed E-state index contributed by atoms with van der Waals surface area (Å²) in [4.78, 5) is 33.8. The summed E-state index contributed by atoms with van der Waals surface area (Å²) in [7, 11) is 0. The van der Waals surface area contributed by atoms with Crippen LogP contribution in [0, 0.1) is 23.1 Å². The number of piperidine rings is 1. The summed E-state index contributed by atoms with van der Waals surface area (Å²) in [5, 5.41) is 14.2. The Morgan fingerprint density at radius 3 is 2.88 bits per heavy atom. The van der Waals surface area contributed by atoms with Crippen molar-refractivity contribution in [3.8, 4) is 11.8 Å². The molecule has 1 fully saturated rings. The maximum Gasteiger partial charge on any atom is 0.279 e. The molecule has 1 aliphatic rings. The average Bonchev–Trinajstić information content (AvgIpc) is 2.82. The molecular formula is C24H21ClFN6O2+. The number of carbonyl (C=O) groups is 1. The molecule has 3 aromatic rings. The van der Waals surface area contributed by atoms with Gasteiger partial charge in [-0.15, -0.1) is 0 Å². The highest BCUT2D eigenvalue weighted by molar-refractivity contribution is 6.40. The largest absolute Gasteiger partial charge is 0.351 e. The van der Waals surface area contributed by atoms with Gasteiger partial charge in [0.25, 0.3) is 11.5 Å². The predicted octanol–water partition coefficient (Wildman–Crippen LogP) is 2.52. The summed E-state index contributed by atoms with van der Waals surface area (Å²) in [5.74, 6) is -0.425. The second-order valence-electron chi connectivity index (χ2n) is 7.87. The number of pyridine rings is 2. The zero-order chi connectivity index (χ0) is 24.2. The van der Waals surface area contributed by atoms with Gasteiger partial charge in [0.05, 0.1) is 16.9 Å². The van der Waals surface area contributed by atoms with Crippen molar-refractivity contribution in [3.63, 3.8) is 0 Å². The lowest BCUT2D eigenvalue weighted by molar-refractivity contribution is -0.589. The number of rotatable bonds is 5. The van der Waals surface area contributed by atoms with E-state index in [1.807, 2.05) is 13.0 Å². The van der Waals surface area contributed by atoms with Gasteiger partial charge in [-0.2, -0.15) is 5.26 Å². The van der Waals surface area contributed by atoms with Gasteiger partial charge in [-0.25, -0.2) is 14.4 Å². The molecule has 34 heavy (non-hydrogen) atoms. The minimum absolute atomic E-state index is 0.0353. The van der Waals surface area contributed by atoms with Gasteiger partial charge in [-0.05, 0) is 12.5 Å². The van der Waals surface area contributed by atoms with Crippen LogP contribution in [0.2, 0.25) is 5.02 Å². The van der Waals surface area contributed by atoms with E-state index >= 15 is 0 Å². The van der Waals surface area contributed by atoms with Gasteiger partial charge in [-0.1, -0.05) is 36.7 Å². The van der Waals surface area contributed by atoms with Gasteiger partial charge >= 0.3 is 0 Å². The van der Waals surface area contributed by atoms with Crippen LogP contribution in [0.1, 0.15) is 24.5 Å². The number of nitrogens with one attached hydrogen (secondary N) is 1. The van der Waals surface area contributed by atoms with Crippen LogP contribution >= 0.6 is 11.6 Å². The zero-order valence-electron chi connectivity index (χ0n) is 18.3. The summed E-state index contributed by atoms with van der Waals surface area (Å²) < 4.78 is 15.2. The molecule has 1 unspecified atom stereocenters. The van der Waals surface area contributed by atoms with Crippen LogP contribution in [-0.2, 0) is 11.3 Å². The second-order valence-corrected chi connectivity index (χ2v) is 8.28. The van der Waals surface area contributed by atoms with E-state index in [0.717, 1.165) is 6.42 Å². The van der Waals surface area contributed by atoms with E-state index in [1.54, 1.807) is 29.6 Å². The molecule has 0 bridgehead atoms. The Morgan fingerprint density at radius 2 is 2.15 bits per heavy atom. The number of aliphatic imine (C=N–C) groups is 1. The number of halogens is 2. The quantitative estimate of drug-likeness (QED) is 0.584. The molecule has 1 atom stereocenters. The highest BCUT2D eigenvalue weighted by Crippen LogP contribution is 2.24. The first-order valence-corrected chi connectivity index (χ1v) is 11.0. The van der Waals surface area contributed by atoms with Gasteiger partial charge in [0, 0.05) is 36.4 Å². The smallest absolute Gasteiger partial charge is 0.279 e. The molecule has 10 heteroatoms. The molecule has 1 aromatic carbocycles. The van der Waals surface area contributed by atoms with Crippen molar-refractivity contribution in [1.29, 1.82) is 5.26 Å². The molecule has 0 radical (unpaired) electrons. The Kier molecular flexibility index (Phi) is 6.82. The van der Waals surface area contributed by atoms with Gasteiger partial charge in [0.2, 0.25) is 0 Å². The van der Waals surface area contributed by atoms with Crippen LogP contribution in [0.5, 0.6) is 0 Å². The van der Waals surface area contributed by atoms with Crippen molar-refractivity contribution >= 4 is 34.7 Å². The molecule has 3 N–H and O–H groups in total.